The number of anilines is 4. The normalized spacial score (nSPS) is 12.6. The van der Waals surface area contributed by atoms with Crippen molar-refractivity contribution in [2.75, 3.05) is 16.4 Å². The Morgan fingerprint density at radius 3 is 2.06 bits per heavy atom. The highest BCUT2D eigenvalue weighted by Crippen LogP contribution is 2.40. The summed E-state index contributed by atoms with van der Waals surface area (Å²) in [6, 6.07) is 13.7. The van der Waals surface area contributed by atoms with Gasteiger partial charge in [0, 0.05) is 28.9 Å². The minimum absolute atomic E-state index is 0.00699. The molecule has 0 radical (unpaired) electrons. The fourth-order valence-corrected chi connectivity index (χ4v) is 4.50. The van der Waals surface area contributed by atoms with E-state index in [4.69, 9.17) is 5.73 Å². The Morgan fingerprint density at radius 2 is 1.50 bits per heavy atom. The summed E-state index contributed by atoms with van der Waals surface area (Å²) >= 11 is 0. The first-order chi connectivity index (χ1) is 16.1. The highest BCUT2D eigenvalue weighted by Gasteiger charge is 2.36. The minimum Gasteiger partial charge on any atom is -0.397 e. The molecule has 4 rings (SSSR count). The summed E-state index contributed by atoms with van der Waals surface area (Å²) in [5, 5.41) is 5.69. The highest BCUT2D eigenvalue weighted by atomic mass is 32.2. The van der Waals surface area contributed by atoms with Crippen LogP contribution in [0, 0.1) is 0 Å². The number of hydrogen-bond donors (Lipinski definition) is 4. The molecule has 0 atom stereocenters. The van der Waals surface area contributed by atoms with Crippen LogP contribution in [-0.2, 0) is 14.9 Å². The average molecular weight is 480 g/mol. The van der Waals surface area contributed by atoms with Crippen molar-refractivity contribution in [1.82, 2.24) is 0 Å². The van der Waals surface area contributed by atoms with Gasteiger partial charge in [0.2, 0.25) is 5.91 Å². The van der Waals surface area contributed by atoms with Gasteiger partial charge in [-0.3, -0.25) is 18.9 Å². The lowest BCUT2D eigenvalue weighted by atomic mass is 9.82. The summed E-state index contributed by atoms with van der Waals surface area (Å²) in [7, 11) is -4.80. The molecule has 0 aliphatic heterocycles. The standard InChI is InChI=1S/C24H21N3O6S/c1-2-5-19(28)27-14-10-8-13(9-11-14)26-17-12-18(34(31,32)33)22(25)21-20(17)23(29)15-6-3-4-7-16(15)24(21)30/h3-4,6-12,26H,2,5,25H2,1H3,(H,27,28)(H,31,32,33). The van der Waals surface area contributed by atoms with Crippen molar-refractivity contribution in [3.05, 3.63) is 76.9 Å². The van der Waals surface area contributed by atoms with E-state index in [1.807, 2.05) is 6.92 Å². The predicted molar refractivity (Wildman–Crippen MR) is 127 cm³/mol. The van der Waals surface area contributed by atoms with Crippen LogP contribution in [0.3, 0.4) is 0 Å². The Morgan fingerprint density at radius 1 is 0.941 bits per heavy atom. The zero-order valence-corrected chi connectivity index (χ0v) is 18.9. The second-order valence-corrected chi connectivity index (χ2v) is 9.16. The van der Waals surface area contributed by atoms with Crippen molar-refractivity contribution >= 4 is 50.3 Å². The third-order valence-corrected chi connectivity index (χ3v) is 6.30. The first-order valence-electron chi connectivity index (χ1n) is 10.4. The molecule has 1 aliphatic rings. The second kappa shape index (κ2) is 8.73. The molecule has 0 bridgehead atoms. The third-order valence-electron chi connectivity index (χ3n) is 5.40. The Hall–Kier alpha value is -4.02. The van der Waals surface area contributed by atoms with E-state index >= 15 is 0 Å². The second-order valence-electron chi connectivity index (χ2n) is 7.77. The molecule has 174 valence electrons. The molecular formula is C24H21N3O6S. The quantitative estimate of drug-likeness (QED) is 0.240. The zero-order chi connectivity index (χ0) is 24.6. The molecule has 0 spiro atoms. The number of amides is 1. The van der Waals surface area contributed by atoms with Gasteiger partial charge in [0.15, 0.2) is 11.6 Å². The van der Waals surface area contributed by atoms with Crippen LogP contribution in [0.5, 0.6) is 0 Å². The van der Waals surface area contributed by atoms with Crippen LogP contribution < -0.4 is 16.4 Å². The van der Waals surface area contributed by atoms with Crippen LogP contribution in [-0.4, -0.2) is 30.4 Å². The number of carbonyl (C=O) groups is 3. The molecule has 0 aromatic heterocycles. The van der Waals surface area contributed by atoms with E-state index in [-0.39, 0.29) is 33.8 Å². The van der Waals surface area contributed by atoms with Gasteiger partial charge in [0.1, 0.15) is 4.90 Å². The fraction of sp³-hybridized carbons (Fsp3) is 0.125. The molecule has 3 aromatic rings. The molecule has 0 unspecified atom stereocenters. The number of nitrogens with two attached hydrogens (primary N) is 1. The maximum atomic E-state index is 13.3. The van der Waals surface area contributed by atoms with Gasteiger partial charge in [-0.05, 0) is 36.8 Å². The Kier molecular flexibility index (Phi) is 5.94. The molecule has 0 fully saturated rings. The van der Waals surface area contributed by atoms with Gasteiger partial charge in [0.25, 0.3) is 10.1 Å². The number of benzene rings is 3. The van der Waals surface area contributed by atoms with Crippen molar-refractivity contribution in [2.24, 2.45) is 0 Å². The van der Waals surface area contributed by atoms with E-state index < -0.39 is 32.3 Å². The molecule has 10 heteroatoms. The summed E-state index contributed by atoms with van der Waals surface area (Å²) in [5.41, 5.74) is 6.35. The van der Waals surface area contributed by atoms with E-state index in [2.05, 4.69) is 10.6 Å². The SMILES string of the molecule is CCCC(=O)Nc1ccc(Nc2cc(S(=O)(=O)O)c(N)c3c2C(=O)c2ccccc2C3=O)cc1. The molecule has 1 amide bonds. The molecule has 34 heavy (non-hydrogen) atoms. The molecule has 0 heterocycles. The summed E-state index contributed by atoms with van der Waals surface area (Å²) in [4.78, 5) is 37.6. The van der Waals surface area contributed by atoms with Gasteiger partial charge in [0.05, 0.1) is 22.5 Å². The zero-order valence-electron chi connectivity index (χ0n) is 18.1. The van der Waals surface area contributed by atoms with Crippen molar-refractivity contribution in [1.29, 1.82) is 0 Å². The van der Waals surface area contributed by atoms with Gasteiger partial charge in [-0.1, -0.05) is 31.2 Å². The molecule has 9 nitrogen and oxygen atoms in total. The number of nitrogens with one attached hydrogen (secondary N) is 2. The lowest BCUT2D eigenvalue weighted by Crippen LogP contribution is -2.25. The predicted octanol–water partition coefficient (Wildman–Crippen LogP) is 3.77. The van der Waals surface area contributed by atoms with Crippen LogP contribution in [0.15, 0.2) is 59.5 Å². The van der Waals surface area contributed by atoms with Crippen LogP contribution in [0.25, 0.3) is 0 Å². The van der Waals surface area contributed by atoms with E-state index in [9.17, 15) is 27.4 Å². The van der Waals surface area contributed by atoms with E-state index in [1.165, 1.54) is 12.1 Å². The molecule has 5 N–H and O–H groups in total. The molecule has 1 aliphatic carbocycles. The summed E-state index contributed by atoms with van der Waals surface area (Å²) < 4.78 is 33.7. The Balaban J connectivity index is 1.81. The van der Waals surface area contributed by atoms with Crippen molar-refractivity contribution < 1.29 is 27.4 Å². The topological polar surface area (TPSA) is 156 Å². The molecule has 3 aromatic carbocycles. The smallest absolute Gasteiger partial charge is 0.296 e. The van der Waals surface area contributed by atoms with Crippen molar-refractivity contribution in [2.45, 2.75) is 24.7 Å². The van der Waals surface area contributed by atoms with Crippen LogP contribution in [0.1, 0.15) is 51.6 Å². The maximum absolute atomic E-state index is 13.3. The number of rotatable bonds is 6. The van der Waals surface area contributed by atoms with Crippen LogP contribution in [0.4, 0.5) is 22.7 Å². The van der Waals surface area contributed by atoms with Gasteiger partial charge in [-0.15, -0.1) is 0 Å². The van der Waals surface area contributed by atoms with Gasteiger partial charge in [-0.25, -0.2) is 0 Å². The fourth-order valence-electron chi connectivity index (χ4n) is 3.85. The summed E-state index contributed by atoms with van der Waals surface area (Å²) in [5.74, 6) is -1.26. The molecule has 0 saturated heterocycles. The van der Waals surface area contributed by atoms with Crippen molar-refractivity contribution in [3.8, 4) is 0 Å². The Labute approximate surface area is 195 Å². The first-order valence-corrected chi connectivity index (χ1v) is 11.8. The van der Waals surface area contributed by atoms with Gasteiger partial charge in [-0.2, -0.15) is 8.42 Å². The first kappa shape index (κ1) is 23.1. The van der Waals surface area contributed by atoms with Crippen LogP contribution in [0.2, 0.25) is 0 Å². The number of nitrogen functional groups attached to an aromatic ring is 1. The van der Waals surface area contributed by atoms with E-state index in [1.54, 1.807) is 36.4 Å². The summed E-state index contributed by atoms with van der Waals surface area (Å²) in [6.45, 7) is 1.89. The van der Waals surface area contributed by atoms with Gasteiger partial charge >= 0.3 is 0 Å². The lowest BCUT2D eigenvalue weighted by molar-refractivity contribution is -0.116. The monoisotopic (exact) mass is 479 g/mol. The van der Waals surface area contributed by atoms with Crippen molar-refractivity contribution in [3.63, 3.8) is 0 Å². The Bertz CT molecular complexity index is 1450. The van der Waals surface area contributed by atoms with Crippen LogP contribution >= 0.6 is 0 Å². The lowest BCUT2D eigenvalue weighted by Gasteiger charge is -2.23. The number of fused-ring (bicyclic) bond motifs is 2. The molecule has 0 saturated carbocycles. The number of ketones is 2. The highest BCUT2D eigenvalue weighted by molar-refractivity contribution is 7.86. The number of hydrogen-bond acceptors (Lipinski definition) is 7. The third kappa shape index (κ3) is 4.16. The number of carbonyl (C=O) groups excluding carboxylic acids is 3. The van der Waals surface area contributed by atoms with Gasteiger partial charge < -0.3 is 16.4 Å². The minimum atomic E-state index is -4.80. The van der Waals surface area contributed by atoms with E-state index in [0.29, 0.717) is 24.2 Å². The maximum Gasteiger partial charge on any atom is 0.296 e. The molecular weight excluding hydrogens is 458 g/mol. The summed E-state index contributed by atoms with van der Waals surface area (Å²) in [6.07, 6.45) is 1.09. The largest absolute Gasteiger partial charge is 0.397 e. The van der Waals surface area contributed by atoms with E-state index in [0.717, 1.165) is 6.07 Å². The average Bonchev–Trinajstić information content (AvgIpc) is 2.79.